The van der Waals surface area contributed by atoms with Gasteiger partial charge in [-0.15, -0.1) is 0 Å². The molecule has 1 aromatic carbocycles. The van der Waals surface area contributed by atoms with Gasteiger partial charge in [0, 0.05) is 25.8 Å². The van der Waals surface area contributed by atoms with Crippen LogP contribution >= 0.6 is 0 Å². The molecule has 8 heteroatoms. The second-order valence-corrected chi connectivity index (χ2v) is 9.04. The van der Waals surface area contributed by atoms with Gasteiger partial charge in [-0.25, -0.2) is 8.42 Å². The fourth-order valence-corrected chi connectivity index (χ4v) is 4.37. The van der Waals surface area contributed by atoms with Crippen molar-refractivity contribution in [2.75, 3.05) is 32.6 Å². The van der Waals surface area contributed by atoms with E-state index in [-0.39, 0.29) is 35.6 Å². The molecule has 1 amide bonds. The molecule has 144 valence electrons. The number of nitrogens with zero attached hydrogens (tertiary/aromatic N) is 1. The average molecular weight is 383 g/mol. The third-order valence-electron chi connectivity index (χ3n) is 5.14. The van der Waals surface area contributed by atoms with Crippen molar-refractivity contribution in [1.82, 2.24) is 4.90 Å². The van der Waals surface area contributed by atoms with Gasteiger partial charge < -0.3 is 14.7 Å². The zero-order chi connectivity index (χ0) is 19.5. The summed E-state index contributed by atoms with van der Waals surface area (Å²) in [5.41, 5.74) is -0.584. The van der Waals surface area contributed by atoms with Crippen molar-refractivity contribution < 1.29 is 27.9 Å². The third-order valence-corrected chi connectivity index (χ3v) is 6.83. The van der Waals surface area contributed by atoms with Gasteiger partial charge in [0.05, 0.1) is 22.7 Å². The molecule has 0 aliphatic carbocycles. The summed E-state index contributed by atoms with van der Waals surface area (Å²) in [6, 6.07) is 5.75. The Morgan fingerprint density at radius 1 is 1.27 bits per heavy atom. The van der Waals surface area contributed by atoms with Crippen molar-refractivity contribution in [3.8, 4) is 0 Å². The van der Waals surface area contributed by atoms with Crippen LogP contribution in [0.5, 0.6) is 0 Å². The van der Waals surface area contributed by atoms with Crippen molar-refractivity contribution in [3.63, 3.8) is 0 Å². The minimum Gasteiger partial charge on any atom is -0.481 e. The fourth-order valence-electron chi connectivity index (χ4n) is 3.20. The molecule has 0 saturated carbocycles. The van der Waals surface area contributed by atoms with E-state index in [9.17, 15) is 23.1 Å². The Kier molecular flexibility index (Phi) is 6.08. The van der Waals surface area contributed by atoms with Crippen LogP contribution in [-0.4, -0.2) is 62.9 Å². The monoisotopic (exact) mass is 383 g/mol. The lowest BCUT2D eigenvalue weighted by Gasteiger charge is -2.28. The molecule has 26 heavy (non-hydrogen) atoms. The van der Waals surface area contributed by atoms with Crippen LogP contribution in [0.2, 0.25) is 0 Å². The fraction of sp³-hybridized carbons (Fsp3) is 0.556. The van der Waals surface area contributed by atoms with Crippen molar-refractivity contribution in [3.05, 3.63) is 29.8 Å². The van der Waals surface area contributed by atoms with Crippen LogP contribution in [0, 0.1) is 11.3 Å². The number of likely N-dealkylation sites (tertiary alicyclic amines) is 1. The van der Waals surface area contributed by atoms with Crippen molar-refractivity contribution in [2.45, 2.75) is 25.2 Å². The average Bonchev–Trinajstić information content (AvgIpc) is 3.06. The van der Waals surface area contributed by atoms with Crippen LogP contribution in [0.15, 0.2) is 29.2 Å². The van der Waals surface area contributed by atoms with Crippen LogP contribution < -0.4 is 0 Å². The minimum atomic E-state index is -3.45. The number of ether oxygens (including phenoxy) is 1. The van der Waals surface area contributed by atoms with Gasteiger partial charge in [0.1, 0.15) is 0 Å². The van der Waals surface area contributed by atoms with Gasteiger partial charge in [0.25, 0.3) is 5.91 Å². The Morgan fingerprint density at radius 2 is 1.88 bits per heavy atom. The molecular formula is C18H25NO6S. The van der Waals surface area contributed by atoms with E-state index in [1.807, 2.05) is 13.8 Å². The van der Waals surface area contributed by atoms with Gasteiger partial charge in [0.2, 0.25) is 0 Å². The summed E-state index contributed by atoms with van der Waals surface area (Å²) in [6.07, 6.45) is 0.412. The second kappa shape index (κ2) is 7.75. The molecule has 1 unspecified atom stereocenters. The molecule has 1 heterocycles. The number of hydrogen-bond acceptors (Lipinski definition) is 5. The Bertz CT molecular complexity index is 771. The number of carbonyl (C=O) groups is 2. The van der Waals surface area contributed by atoms with Gasteiger partial charge in [0.15, 0.2) is 9.84 Å². The maximum Gasteiger partial charge on any atom is 0.311 e. The zero-order valence-electron chi connectivity index (χ0n) is 15.3. The Balaban J connectivity index is 2.15. The molecule has 0 aromatic heterocycles. The topological polar surface area (TPSA) is 101 Å². The predicted molar refractivity (Wildman–Crippen MR) is 95.8 cm³/mol. The number of amides is 1. The number of carboxylic acid groups (broad SMARTS) is 1. The smallest absolute Gasteiger partial charge is 0.311 e. The van der Waals surface area contributed by atoms with E-state index in [4.69, 9.17) is 4.74 Å². The summed E-state index contributed by atoms with van der Waals surface area (Å²) >= 11 is 0. The van der Waals surface area contributed by atoms with Gasteiger partial charge in [-0.05, 0) is 36.6 Å². The first-order chi connectivity index (χ1) is 12.1. The maximum atomic E-state index is 12.7. The highest BCUT2D eigenvalue weighted by Gasteiger charge is 2.48. The van der Waals surface area contributed by atoms with Crippen molar-refractivity contribution in [2.24, 2.45) is 11.3 Å². The summed E-state index contributed by atoms with van der Waals surface area (Å²) in [7, 11) is -2.02. The first-order valence-electron chi connectivity index (χ1n) is 8.48. The van der Waals surface area contributed by atoms with Gasteiger partial charge in [-0.1, -0.05) is 13.8 Å². The van der Waals surface area contributed by atoms with E-state index in [0.29, 0.717) is 18.5 Å². The van der Waals surface area contributed by atoms with E-state index < -0.39 is 21.2 Å². The number of carboxylic acids is 1. The summed E-state index contributed by atoms with van der Waals surface area (Å²) in [5.74, 6) is -1.39. The SMILES string of the molecule is COCCS(=O)(=O)c1ccc(C(=O)N2CCC(C(=O)O)(C(C)C)C2)cc1. The zero-order valence-corrected chi connectivity index (χ0v) is 16.1. The third kappa shape index (κ3) is 3.91. The van der Waals surface area contributed by atoms with Crippen LogP contribution in [0.4, 0.5) is 0 Å². The molecule has 1 atom stereocenters. The lowest BCUT2D eigenvalue weighted by Crippen LogP contribution is -2.40. The van der Waals surface area contributed by atoms with Crippen LogP contribution in [0.1, 0.15) is 30.6 Å². The van der Waals surface area contributed by atoms with E-state index >= 15 is 0 Å². The molecule has 0 spiro atoms. The van der Waals surface area contributed by atoms with E-state index in [1.54, 1.807) is 0 Å². The molecule has 0 bridgehead atoms. The maximum absolute atomic E-state index is 12.7. The molecule has 2 rings (SSSR count). The van der Waals surface area contributed by atoms with E-state index in [1.165, 1.54) is 36.3 Å². The quantitative estimate of drug-likeness (QED) is 0.769. The summed E-state index contributed by atoms with van der Waals surface area (Å²) in [4.78, 5) is 26.0. The molecule has 1 saturated heterocycles. The van der Waals surface area contributed by atoms with E-state index in [0.717, 1.165) is 0 Å². The highest BCUT2D eigenvalue weighted by molar-refractivity contribution is 7.91. The number of benzene rings is 1. The highest BCUT2D eigenvalue weighted by Crippen LogP contribution is 2.38. The number of sulfone groups is 1. The molecule has 0 radical (unpaired) electrons. The lowest BCUT2D eigenvalue weighted by molar-refractivity contribution is -0.150. The standard InChI is InChI=1S/C18H25NO6S/c1-13(2)18(17(21)22)8-9-19(12-18)16(20)14-4-6-15(7-5-14)26(23,24)11-10-25-3/h4-7,13H,8-12H2,1-3H3,(H,21,22). The van der Waals surface area contributed by atoms with E-state index in [2.05, 4.69) is 0 Å². The van der Waals surface area contributed by atoms with Gasteiger partial charge in [-0.2, -0.15) is 0 Å². The molecule has 7 nitrogen and oxygen atoms in total. The first kappa shape index (κ1) is 20.4. The van der Waals surface area contributed by atoms with Crippen LogP contribution in [0.25, 0.3) is 0 Å². The van der Waals surface area contributed by atoms with Gasteiger partial charge >= 0.3 is 5.97 Å². The van der Waals surface area contributed by atoms with Gasteiger partial charge in [-0.3, -0.25) is 9.59 Å². The lowest BCUT2D eigenvalue weighted by atomic mass is 9.76. The number of carbonyl (C=O) groups excluding carboxylic acids is 1. The summed E-state index contributed by atoms with van der Waals surface area (Å²) in [5, 5.41) is 9.59. The number of rotatable bonds is 7. The Hall–Kier alpha value is -1.93. The number of aliphatic carboxylic acids is 1. The Morgan fingerprint density at radius 3 is 2.35 bits per heavy atom. The van der Waals surface area contributed by atoms with Crippen LogP contribution in [0.3, 0.4) is 0 Å². The van der Waals surface area contributed by atoms with Crippen molar-refractivity contribution >= 4 is 21.7 Å². The number of methoxy groups -OCH3 is 1. The molecule has 1 N–H and O–H groups in total. The highest BCUT2D eigenvalue weighted by atomic mass is 32.2. The molecule has 1 aliphatic heterocycles. The summed E-state index contributed by atoms with van der Waals surface area (Å²) in [6.45, 7) is 4.33. The largest absolute Gasteiger partial charge is 0.481 e. The molecule has 1 aromatic rings. The first-order valence-corrected chi connectivity index (χ1v) is 10.1. The molecular weight excluding hydrogens is 358 g/mol. The second-order valence-electron chi connectivity index (χ2n) is 6.93. The predicted octanol–water partition coefficient (Wildman–Crippen LogP) is 1.68. The Labute approximate surface area is 153 Å². The number of hydrogen-bond donors (Lipinski definition) is 1. The minimum absolute atomic E-state index is 0.0916. The van der Waals surface area contributed by atoms with Crippen LogP contribution in [-0.2, 0) is 19.4 Å². The molecule has 1 fully saturated rings. The summed E-state index contributed by atoms with van der Waals surface area (Å²) < 4.78 is 29.0. The normalized spacial score (nSPS) is 20.5. The molecule has 1 aliphatic rings. The van der Waals surface area contributed by atoms with Crippen molar-refractivity contribution in [1.29, 1.82) is 0 Å².